The van der Waals surface area contributed by atoms with Crippen LogP contribution in [0.25, 0.3) is 28.6 Å². The lowest BCUT2D eigenvalue weighted by Crippen LogP contribution is -2.02. The normalized spacial score (nSPS) is 13.0. The molecule has 0 atom stereocenters. The summed E-state index contributed by atoms with van der Waals surface area (Å²) in [6.07, 6.45) is 10.8. The average Bonchev–Trinajstić information content (AvgIpc) is 3.31. The first kappa shape index (κ1) is 13.6. The van der Waals surface area contributed by atoms with Gasteiger partial charge in [0.2, 0.25) is 5.65 Å². The number of thiophene rings is 1. The minimum absolute atomic E-state index is 0.562. The van der Waals surface area contributed by atoms with Crippen molar-refractivity contribution in [2.24, 2.45) is 7.05 Å². The Labute approximate surface area is 141 Å². The van der Waals surface area contributed by atoms with Gasteiger partial charge < -0.3 is 0 Å². The zero-order valence-corrected chi connectivity index (χ0v) is 13.7. The van der Waals surface area contributed by atoms with E-state index in [9.17, 15) is 0 Å². The smallest absolute Gasteiger partial charge is 0.221 e. The Morgan fingerprint density at radius 2 is 2.25 bits per heavy atom. The van der Waals surface area contributed by atoms with Gasteiger partial charge in [-0.25, -0.2) is 14.6 Å². The minimum Gasteiger partial charge on any atom is -0.275 e. The molecule has 4 aromatic heterocycles. The van der Waals surface area contributed by atoms with Gasteiger partial charge in [0.15, 0.2) is 5.65 Å². The molecule has 0 spiro atoms. The zero-order valence-electron chi connectivity index (χ0n) is 12.9. The highest BCUT2D eigenvalue weighted by atomic mass is 32.1. The van der Waals surface area contributed by atoms with Crippen LogP contribution in [0.15, 0.2) is 30.7 Å². The van der Waals surface area contributed by atoms with Crippen molar-refractivity contribution < 1.29 is 0 Å². The molecule has 0 unspecified atom stereocenters. The molecule has 0 aromatic carbocycles. The van der Waals surface area contributed by atoms with Gasteiger partial charge in [-0.2, -0.15) is 5.10 Å². The second-order valence-electron chi connectivity index (χ2n) is 5.76. The van der Waals surface area contributed by atoms with Crippen LogP contribution in [0, 0.1) is 0 Å². The topological polar surface area (TPSA) is 74.3 Å². The molecular formula is C16H13N7S. The van der Waals surface area contributed by atoms with E-state index in [-0.39, 0.29) is 0 Å². The molecular weight excluding hydrogens is 322 g/mol. The lowest BCUT2D eigenvalue weighted by atomic mass is 10.2. The largest absolute Gasteiger partial charge is 0.275 e. The van der Waals surface area contributed by atoms with Crippen molar-refractivity contribution in [2.45, 2.75) is 13.0 Å². The Hall–Kier alpha value is -2.87. The van der Waals surface area contributed by atoms with Gasteiger partial charge >= 0.3 is 0 Å². The first-order valence-corrected chi connectivity index (χ1v) is 8.41. The van der Waals surface area contributed by atoms with Crippen LogP contribution in [0.2, 0.25) is 0 Å². The van der Waals surface area contributed by atoms with E-state index in [2.05, 4.69) is 38.6 Å². The third-order valence-electron chi connectivity index (χ3n) is 4.03. The first-order chi connectivity index (χ1) is 11.8. The molecule has 8 heteroatoms. The molecule has 1 aliphatic carbocycles. The summed E-state index contributed by atoms with van der Waals surface area (Å²) in [6, 6.07) is 2.24. The van der Waals surface area contributed by atoms with Gasteiger partial charge in [0.05, 0.1) is 24.6 Å². The van der Waals surface area contributed by atoms with Crippen LogP contribution in [0.3, 0.4) is 0 Å². The number of aromatic nitrogens is 7. The van der Waals surface area contributed by atoms with Crippen molar-refractivity contribution in [3.8, 4) is 11.3 Å². The second-order valence-corrected chi connectivity index (χ2v) is 6.93. The Morgan fingerprint density at radius 1 is 1.29 bits per heavy atom. The molecule has 0 saturated heterocycles. The van der Waals surface area contributed by atoms with Crippen LogP contribution < -0.4 is 0 Å². The van der Waals surface area contributed by atoms with E-state index in [0.29, 0.717) is 17.8 Å². The number of allylic oxidation sites excluding steroid dienone is 1. The van der Waals surface area contributed by atoms with Crippen molar-refractivity contribution in [1.29, 1.82) is 0 Å². The first-order valence-electron chi connectivity index (χ1n) is 7.60. The predicted molar refractivity (Wildman–Crippen MR) is 91.5 cm³/mol. The predicted octanol–water partition coefficient (Wildman–Crippen LogP) is 2.30. The Morgan fingerprint density at radius 3 is 3.08 bits per heavy atom. The summed E-state index contributed by atoms with van der Waals surface area (Å²) in [4.78, 5) is 11.7. The van der Waals surface area contributed by atoms with Gasteiger partial charge in [-0.15, -0.1) is 16.4 Å². The molecule has 5 rings (SSSR count). The van der Waals surface area contributed by atoms with Crippen LogP contribution in [0.1, 0.15) is 15.3 Å². The summed E-state index contributed by atoms with van der Waals surface area (Å²) in [6.45, 7) is 0.660. The van der Waals surface area contributed by atoms with Crippen LogP contribution in [0.5, 0.6) is 0 Å². The van der Waals surface area contributed by atoms with Gasteiger partial charge in [0, 0.05) is 28.6 Å². The molecule has 4 heterocycles. The highest BCUT2D eigenvalue weighted by Crippen LogP contribution is 2.29. The van der Waals surface area contributed by atoms with Crippen molar-refractivity contribution in [2.75, 3.05) is 0 Å². The summed E-state index contributed by atoms with van der Waals surface area (Å²) >= 11 is 1.80. The molecule has 4 aromatic rings. The van der Waals surface area contributed by atoms with Crippen molar-refractivity contribution in [3.05, 3.63) is 46.1 Å². The summed E-state index contributed by atoms with van der Waals surface area (Å²) in [7, 11) is 1.88. The fourth-order valence-electron chi connectivity index (χ4n) is 2.88. The van der Waals surface area contributed by atoms with Crippen LogP contribution >= 0.6 is 11.3 Å². The summed E-state index contributed by atoms with van der Waals surface area (Å²) in [5, 5.41) is 12.5. The standard InChI is InChI=1S/C16H13N7S/c1-22-8-11(6-18-22)13-7-17-15-16(19-13)23(21-20-15)9-12-5-10-3-2-4-14(10)24-12/h2,4-8H,3,9H2,1H3. The number of hydrogen-bond donors (Lipinski definition) is 0. The van der Waals surface area contributed by atoms with Crippen LogP contribution in [-0.2, 0) is 20.0 Å². The van der Waals surface area contributed by atoms with E-state index in [4.69, 9.17) is 4.98 Å². The molecule has 0 N–H and O–H groups in total. The van der Waals surface area contributed by atoms with Gasteiger partial charge in [-0.3, -0.25) is 4.68 Å². The molecule has 0 radical (unpaired) electrons. The van der Waals surface area contributed by atoms with E-state index in [1.807, 2.05) is 17.9 Å². The van der Waals surface area contributed by atoms with Gasteiger partial charge in [0.1, 0.15) is 0 Å². The number of fused-ring (bicyclic) bond motifs is 2. The SMILES string of the molecule is Cn1cc(-c2cnc3nnn(Cc4cc5c(s4)C=CC5)c3n2)cn1. The Bertz CT molecular complexity index is 1090. The number of hydrogen-bond acceptors (Lipinski definition) is 6. The highest BCUT2D eigenvalue weighted by Gasteiger charge is 2.14. The molecule has 118 valence electrons. The fourth-order valence-corrected chi connectivity index (χ4v) is 3.98. The third kappa shape index (κ3) is 2.15. The molecule has 0 amide bonds. The monoisotopic (exact) mass is 335 g/mol. The molecule has 1 aliphatic rings. The number of aryl methyl sites for hydroxylation is 1. The van der Waals surface area contributed by atoms with Crippen molar-refractivity contribution in [3.63, 3.8) is 0 Å². The van der Waals surface area contributed by atoms with Crippen molar-refractivity contribution >= 4 is 28.7 Å². The molecule has 0 saturated carbocycles. The zero-order chi connectivity index (χ0) is 16.1. The van der Waals surface area contributed by atoms with Crippen molar-refractivity contribution in [1.82, 2.24) is 34.7 Å². The summed E-state index contributed by atoms with van der Waals surface area (Å²) in [5.41, 5.74) is 4.35. The maximum absolute atomic E-state index is 4.69. The molecule has 7 nitrogen and oxygen atoms in total. The maximum atomic E-state index is 4.69. The van der Waals surface area contributed by atoms with Gasteiger partial charge in [-0.1, -0.05) is 11.3 Å². The molecule has 24 heavy (non-hydrogen) atoms. The lowest BCUT2D eigenvalue weighted by Gasteiger charge is -2.00. The van der Waals surface area contributed by atoms with Crippen LogP contribution in [0.4, 0.5) is 0 Å². The van der Waals surface area contributed by atoms with E-state index in [1.165, 1.54) is 15.3 Å². The second kappa shape index (κ2) is 5.07. The highest BCUT2D eigenvalue weighted by molar-refractivity contribution is 7.13. The molecule has 0 bridgehead atoms. The molecule has 0 fully saturated rings. The Kier molecular flexibility index (Phi) is 2.86. The third-order valence-corrected chi connectivity index (χ3v) is 5.16. The van der Waals surface area contributed by atoms with Gasteiger partial charge in [0.25, 0.3) is 0 Å². The Balaban J connectivity index is 1.54. The lowest BCUT2D eigenvalue weighted by molar-refractivity contribution is 0.670. The quantitative estimate of drug-likeness (QED) is 0.574. The summed E-state index contributed by atoms with van der Waals surface area (Å²) in [5.74, 6) is 0. The van der Waals surface area contributed by atoms with Gasteiger partial charge in [-0.05, 0) is 24.1 Å². The molecule has 0 aliphatic heterocycles. The van der Waals surface area contributed by atoms with E-state index < -0.39 is 0 Å². The van der Waals surface area contributed by atoms with Crippen LogP contribution in [-0.4, -0.2) is 34.7 Å². The maximum Gasteiger partial charge on any atom is 0.221 e. The fraction of sp³-hybridized carbons (Fsp3) is 0.188. The number of nitrogens with zero attached hydrogens (tertiary/aromatic N) is 7. The van der Waals surface area contributed by atoms with E-state index >= 15 is 0 Å². The van der Waals surface area contributed by atoms with E-state index in [0.717, 1.165) is 17.7 Å². The number of rotatable bonds is 3. The average molecular weight is 335 g/mol. The summed E-state index contributed by atoms with van der Waals surface area (Å²) < 4.78 is 3.56. The van der Waals surface area contributed by atoms with E-state index in [1.54, 1.807) is 28.4 Å². The minimum atomic E-state index is 0.562.